The van der Waals surface area contributed by atoms with Crippen LogP contribution < -0.4 is 5.73 Å². The molecule has 0 amide bonds. The van der Waals surface area contributed by atoms with Gasteiger partial charge in [0, 0.05) is 12.4 Å². The van der Waals surface area contributed by atoms with Gasteiger partial charge in [0.2, 0.25) is 0 Å². The van der Waals surface area contributed by atoms with Crippen LogP contribution in [0.5, 0.6) is 0 Å². The smallest absolute Gasteiger partial charge is 0.0526 e. The van der Waals surface area contributed by atoms with Crippen molar-refractivity contribution in [3.05, 3.63) is 18.0 Å². The number of nitrogens with two attached hydrogens (primary N) is 1. The summed E-state index contributed by atoms with van der Waals surface area (Å²) in [6, 6.07) is 0. The summed E-state index contributed by atoms with van der Waals surface area (Å²) in [6.07, 6.45) is 3.76. The molecule has 1 heterocycles. The van der Waals surface area contributed by atoms with Gasteiger partial charge in [-0.1, -0.05) is 13.8 Å². The summed E-state index contributed by atoms with van der Waals surface area (Å²) in [5, 5.41) is 0. The number of aromatic nitrogens is 1. The van der Waals surface area contributed by atoms with Crippen LogP contribution in [0.1, 0.15) is 25.3 Å². The Morgan fingerprint density at radius 2 is 2.11 bits per heavy atom. The van der Waals surface area contributed by atoms with Crippen LogP contribution in [-0.2, 0) is 0 Å². The zero-order valence-corrected chi connectivity index (χ0v) is 5.81. The second-order valence-corrected chi connectivity index (χ2v) is 2.52. The summed E-state index contributed by atoms with van der Waals surface area (Å²) >= 11 is 0. The summed E-state index contributed by atoms with van der Waals surface area (Å²) < 4.78 is 0. The Hall–Kier alpha value is -0.920. The van der Waals surface area contributed by atoms with Crippen molar-refractivity contribution in [2.75, 3.05) is 5.73 Å². The molecule has 1 aromatic rings. The van der Waals surface area contributed by atoms with E-state index in [9.17, 15) is 0 Å². The molecule has 0 bridgehead atoms. The molecule has 1 rings (SSSR count). The van der Waals surface area contributed by atoms with Crippen LogP contribution in [0.25, 0.3) is 0 Å². The first-order chi connectivity index (χ1) is 4.22. The van der Waals surface area contributed by atoms with E-state index in [0.717, 1.165) is 5.69 Å². The second kappa shape index (κ2) is 2.13. The fraction of sp³-hybridized carbons (Fsp3) is 0.429. The van der Waals surface area contributed by atoms with Crippen molar-refractivity contribution in [2.24, 2.45) is 0 Å². The quantitative estimate of drug-likeness (QED) is 0.588. The van der Waals surface area contributed by atoms with Gasteiger partial charge in [-0.15, -0.1) is 0 Å². The maximum Gasteiger partial charge on any atom is 0.0526 e. The van der Waals surface area contributed by atoms with E-state index in [1.165, 1.54) is 5.56 Å². The van der Waals surface area contributed by atoms with Gasteiger partial charge in [0.25, 0.3) is 0 Å². The van der Waals surface area contributed by atoms with Gasteiger partial charge in [-0.2, -0.15) is 0 Å². The Kier molecular flexibility index (Phi) is 1.47. The minimum atomic E-state index is 0.524. The lowest BCUT2D eigenvalue weighted by atomic mass is 10.1. The van der Waals surface area contributed by atoms with Gasteiger partial charge in [0.05, 0.1) is 5.69 Å². The molecule has 0 atom stereocenters. The van der Waals surface area contributed by atoms with E-state index in [4.69, 9.17) is 5.73 Å². The van der Waals surface area contributed by atoms with Crippen molar-refractivity contribution in [2.45, 2.75) is 19.8 Å². The zero-order chi connectivity index (χ0) is 6.85. The highest BCUT2D eigenvalue weighted by Crippen LogP contribution is 2.19. The van der Waals surface area contributed by atoms with Crippen LogP contribution >= 0.6 is 0 Å². The number of nitrogens with one attached hydrogen (secondary N) is 1. The molecule has 0 fully saturated rings. The van der Waals surface area contributed by atoms with E-state index in [1.807, 2.05) is 12.4 Å². The van der Waals surface area contributed by atoms with Gasteiger partial charge in [-0.3, -0.25) is 0 Å². The minimum Gasteiger partial charge on any atom is -0.397 e. The lowest BCUT2D eigenvalue weighted by molar-refractivity contribution is 0.871. The summed E-state index contributed by atoms with van der Waals surface area (Å²) in [4.78, 5) is 2.95. The largest absolute Gasteiger partial charge is 0.397 e. The first kappa shape index (κ1) is 6.20. The molecule has 0 radical (unpaired) electrons. The van der Waals surface area contributed by atoms with Crippen LogP contribution in [-0.4, -0.2) is 4.98 Å². The SMILES string of the molecule is CC(C)c1c[nH]cc1N. The molecule has 9 heavy (non-hydrogen) atoms. The topological polar surface area (TPSA) is 41.8 Å². The monoisotopic (exact) mass is 124 g/mol. The van der Waals surface area contributed by atoms with E-state index in [0.29, 0.717) is 5.92 Å². The normalized spacial score (nSPS) is 10.6. The van der Waals surface area contributed by atoms with Crippen LogP contribution in [0.15, 0.2) is 12.4 Å². The highest BCUT2D eigenvalue weighted by Gasteiger charge is 2.02. The first-order valence-corrected chi connectivity index (χ1v) is 3.14. The Balaban J connectivity index is 2.94. The fourth-order valence-corrected chi connectivity index (χ4v) is 0.888. The van der Waals surface area contributed by atoms with Gasteiger partial charge in [-0.25, -0.2) is 0 Å². The maximum absolute atomic E-state index is 5.61. The van der Waals surface area contributed by atoms with Crippen LogP contribution in [0.3, 0.4) is 0 Å². The van der Waals surface area contributed by atoms with E-state index >= 15 is 0 Å². The molecule has 0 aliphatic carbocycles. The third-order valence-electron chi connectivity index (χ3n) is 1.43. The van der Waals surface area contributed by atoms with E-state index < -0.39 is 0 Å². The fourth-order valence-electron chi connectivity index (χ4n) is 0.888. The van der Waals surface area contributed by atoms with E-state index in [1.54, 1.807) is 0 Å². The standard InChI is InChI=1S/C7H12N2/c1-5(2)6-3-9-4-7(6)8/h3-5,9H,8H2,1-2H3. The third-order valence-corrected chi connectivity index (χ3v) is 1.43. The van der Waals surface area contributed by atoms with Crippen molar-refractivity contribution in [3.63, 3.8) is 0 Å². The number of aromatic amines is 1. The molecule has 2 heteroatoms. The van der Waals surface area contributed by atoms with Gasteiger partial charge in [-0.05, 0) is 11.5 Å². The van der Waals surface area contributed by atoms with Gasteiger partial charge in [0.1, 0.15) is 0 Å². The number of H-pyrrole nitrogens is 1. The first-order valence-electron chi connectivity index (χ1n) is 3.14. The molecular weight excluding hydrogens is 112 g/mol. The Labute approximate surface area is 55.1 Å². The van der Waals surface area contributed by atoms with Gasteiger partial charge < -0.3 is 10.7 Å². The lowest BCUT2D eigenvalue weighted by Crippen LogP contribution is -1.90. The maximum atomic E-state index is 5.61. The molecule has 0 unspecified atom stereocenters. The molecule has 0 spiro atoms. The molecule has 0 aliphatic rings. The number of nitrogen functional groups attached to an aromatic ring is 1. The predicted octanol–water partition coefficient (Wildman–Crippen LogP) is 1.72. The number of hydrogen-bond acceptors (Lipinski definition) is 1. The molecular formula is C7H12N2. The highest BCUT2D eigenvalue weighted by molar-refractivity contribution is 5.45. The average molecular weight is 124 g/mol. The van der Waals surface area contributed by atoms with Gasteiger partial charge in [0.15, 0.2) is 0 Å². The summed E-state index contributed by atoms with van der Waals surface area (Å²) in [6.45, 7) is 4.25. The van der Waals surface area contributed by atoms with Gasteiger partial charge >= 0.3 is 0 Å². The van der Waals surface area contributed by atoms with E-state index in [-0.39, 0.29) is 0 Å². The van der Waals surface area contributed by atoms with Crippen LogP contribution in [0, 0.1) is 0 Å². The zero-order valence-electron chi connectivity index (χ0n) is 5.81. The molecule has 1 aromatic heterocycles. The number of hydrogen-bond donors (Lipinski definition) is 2. The van der Waals surface area contributed by atoms with Crippen molar-refractivity contribution < 1.29 is 0 Å². The molecule has 0 aliphatic heterocycles. The lowest BCUT2D eigenvalue weighted by Gasteiger charge is -2.00. The summed E-state index contributed by atoms with van der Waals surface area (Å²) in [5.41, 5.74) is 7.68. The Morgan fingerprint density at radius 1 is 1.44 bits per heavy atom. The third kappa shape index (κ3) is 1.07. The summed E-state index contributed by atoms with van der Waals surface area (Å²) in [7, 11) is 0. The van der Waals surface area contributed by atoms with Crippen molar-refractivity contribution >= 4 is 5.69 Å². The highest BCUT2D eigenvalue weighted by atomic mass is 14.7. The molecule has 0 saturated heterocycles. The van der Waals surface area contributed by atoms with Crippen LogP contribution in [0.4, 0.5) is 5.69 Å². The Morgan fingerprint density at radius 3 is 2.33 bits per heavy atom. The molecule has 50 valence electrons. The Bertz CT molecular complexity index is 189. The molecule has 2 nitrogen and oxygen atoms in total. The van der Waals surface area contributed by atoms with Crippen molar-refractivity contribution in [1.29, 1.82) is 0 Å². The average Bonchev–Trinajstić information content (AvgIpc) is 2.13. The number of rotatable bonds is 1. The molecule has 0 saturated carbocycles. The van der Waals surface area contributed by atoms with Crippen molar-refractivity contribution in [3.8, 4) is 0 Å². The van der Waals surface area contributed by atoms with Crippen molar-refractivity contribution in [1.82, 2.24) is 4.98 Å². The summed E-state index contributed by atoms with van der Waals surface area (Å²) in [5.74, 6) is 0.524. The number of anilines is 1. The molecule has 3 N–H and O–H groups in total. The van der Waals surface area contributed by atoms with Crippen LogP contribution in [0.2, 0.25) is 0 Å². The van der Waals surface area contributed by atoms with E-state index in [2.05, 4.69) is 18.8 Å². The predicted molar refractivity (Wildman–Crippen MR) is 39.3 cm³/mol. The second-order valence-electron chi connectivity index (χ2n) is 2.52. The minimum absolute atomic E-state index is 0.524. The molecule has 0 aromatic carbocycles.